The van der Waals surface area contributed by atoms with E-state index >= 15 is 0 Å². The van der Waals surface area contributed by atoms with Crippen LogP contribution in [0, 0.1) is 11.3 Å². The van der Waals surface area contributed by atoms with Crippen molar-refractivity contribution in [2.75, 3.05) is 25.1 Å². The number of anilines is 1. The van der Waals surface area contributed by atoms with Crippen molar-refractivity contribution in [1.82, 2.24) is 0 Å². The summed E-state index contributed by atoms with van der Waals surface area (Å²) >= 11 is 0. The van der Waals surface area contributed by atoms with E-state index in [1.165, 1.54) is 7.11 Å². The minimum atomic E-state index is -0.357. The third kappa shape index (κ3) is 5.14. The number of nitriles is 1. The van der Waals surface area contributed by atoms with E-state index in [0.717, 1.165) is 65.0 Å². The highest BCUT2D eigenvalue weighted by Crippen LogP contribution is 2.38. The number of hydrogen-bond acceptors (Lipinski definition) is 5. The summed E-state index contributed by atoms with van der Waals surface area (Å²) in [6.07, 6.45) is 6.19. The van der Waals surface area contributed by atoms with E-state index in [1.807, 2.05) is 36.4 Å². The molecular formula is C33H32N2O3. The molecule has 38 heavy (non-hydrogen) atoms. The minimum absolute atomic E-state index is 0.183. The third-order valence-electron chi connectivity index (χ3n) is 7.24. The molecule has 0 radical (unpaired) electrons. The predicted octanol–water partition coefficient (Wildman–Crippen LogP) is 6.43. The lowest BCUT2D eigenvalue weighted by Crippen LogP contribution is -2.45. The average molecular weight is 505 g/mol. The summed E-state index contributed by atoms with van der Waals surface area (Å²) in [6, 6.07) is 24.3. The number of carbonyl (C=O) groups excluding carboxylic acids is 1. The number of methoxy groups -OCH3 is 1. The van der Waals surface area contributed by atoms with Crippen LogP contribution in [-0.2, 0) is 20.7 Å². The molecule has 0 aromatic heterocycles. The van der Waals surface area contributed by atoms with Gasteiger partial charge in [0.05, 0.1) is 36.5 Å². The molecule has 3 aromatic carbocycles. The van der Waals surface area contributed by atoms with Crippen LogP contribution in [0.25, 0.3) is 22.3 Å². The van der Waals surface area contributed by atoms with Crippen molar-refractivity contribution in [2.24, 2.45) is 0 Å². The highest BCUT2D eigenvalue weighted by molar-refractivity contribution is 6.26. The Balaban J connectivity index is 1.61. The standard InChI is InChI=1S/C33H32N2O3/c1-22-20-35(21-23(2)38-22)27-17-15-26(16-18-27)29-7-4-5-8-30-28(25-13-11-24(19-34)12-14-25)9-6-10-31(30)32(29)33(36)37-3/h4,6-7,9-18,22-23H,5,8,20-21H2,1-3H3/b7-4-,32-29-/t22-,23+. The number of allylic oxidation sites excluding steroid dienone is 3. The van der Waals surface area contributed by atoms with Crippen molar-refractivity contribution in [3.63, 3.8) is 0 Å². The first-order chi connectivity index (χ1) is 18.5. The first-order valence-corrected chi connectivity index (χ1v) is 13.1. The Morgan fingerprint density at radius 2 is 1.61 bits per heavy atom. The molecule has 2 aliphatic rings. The van der Waals surface area contributed by atoms with Crippen LogP contribution in [0.4, 0.5) is 5.69 Å². The quantitative estimate of drug-likeness (QED) is 0.384. The highest BCUT2D eigenvalue weighted by Gasteiger charge is 2.25. The molecule has 1 aliphatic carbocycles. The van der Waals surface area contributed by atoms with Gasteiger partial charge >= 0.3 is 5.97 Å². The molecule has 1 heterocycles. The van der Waals surface area contributed by atoms with Crippen molar-refractivity contribution in [3.05, 3.63) is 101 Å². The fourth-order valence-corrected chi connectivity index (χ4v) is 5.55. The minimum Gasteiger partial charge on any atom is -0.465 e. The predicted molar refractivity (Wildman–Crippen MR) is 152 cm³/mol. The normalized spacial score (nSPS) is 22.0. The molecule has 0 amide bonds. The van der Waals surface area contributed by atoms with Crippen LogP contribution in [0.5, 0.6) is 0 Å². The maximum absolute atomic E-state index is 13.3. The Hall–Kier alpha value is -4.14. The number of fused-ring (bicyclic) bond motifs is 1. The smallest absolute Gasteiger partial charge is 0.339 e. The number of esters is 1. The molecule has 0 bridgehead atoms. The third-order valence-corrected chi connectivity index (χ3v) is 7.24. The first-order valence-electron chi connectivity index (χ1n) is 13.1. The number of nitrogens with zero attached hydrogens (tertiary/aromatic N) is 2. The zero-order valence-electron chi connectivity index (χ0n) is 22.1. The van der Waals surface area contributed by atoms with Crippen molar-refractivity contribution in [2.45, 2.75) is 38.9 Å². The summed E-state index contributed by atoms with van der Waals surface area (Å²) in [6.45, 7) is 5.91. The van der Waals surface area contributed by atoms with Gasteiger partial charge in [0, 0.05) is 18.8 Å². The van der Waals surface area contributed by atoms with E-state index in [-0.39, 0.29) is 18.2 Å². The molecule has 1 fully saturated rings. The summed E-state index contributed by atoms with van der Waals surface area (Å²) in [5.74, 6) is -0.357. The summed E-state index contributed by atoms with van der Waals surface area (Å²) in [7, 11) is 1.43. The second kappa shape index (κ2) is 11.1. The lowest BCUT2D eigenvalue weighted by Gasteiger charge is -2.37. The Bertz CT molecular complexity index is 1420. The van der Waals surface area contributed by atoms with Crippen LogP contribution in [0.2, 0.25) is 0 Å². The Morgan fingerprint density at radius 1 is 0.947 bits per heavy atom. The van der Waals surface area contributed by atoms with Gasteiger partial charge in [-0.15, -0.1) is 0 Å². The van der Waals surface area contributed by atoms with Crippen molar-refractivity contribution >= 4 is 22.8 Å². The van der Waals surface area contributed by atoms with E-state index in [9.17, 15) is 10.1 Å². The molecule has 0 spiro atoms. The molecular weight excluding hydrogens is 472 g/mol. The van der Waals surface area contributed by atoms with Gasteiger partial charge in [0.1, 0.15) is 0 Å². The van der Waals surface area contributed by atoms with Gasteiger partial charge in [-0.05, 0) is 84.3 Å². The summed E-state index contributed by atoms with van der Waals surface area (Å²) in [5.41, 5.74) is 8.23. The van der Waals surface area contributed by atoms with Gasteiger partial charge in [-0.25, -0.2) is 4.79 Å². The summed E-state index contributed by atoms with van der Waals surface area (Å²) in [5, 5.41) is 9.21. The summed E-state index contributed by atoms with van der Waals surface area (Å²) in [4.78, 5) is 15.7. The number of hydrogen-bond donors (Lipinski definition) is 0. The van der Waals surface area contributed by atoms with Crippen LogP contribution in [0.3, 0.4) is 0 Å². The van der Waals surface area contributed by atoms with Gasteiger partial charge in [0.2, 0.25) is 0 Å². The maximum atomic E-state index is 13.3. The van der Waals surface area contributed by atoms with Crippen molar-refractivity contribution < 1.29 is 14.3 Å². The Labute approximate surface area is 224 Å². The second-order valence-corrected chi connectivity index (χ2v) is 9.95. The van der Waals surface area contributed by atoms with Gasteiger partial charge in [-0.2, -0.15) is 5.26 Å². The number of benzene rings is 3. The van der Waals surface area contributed by atoms with Crippen LogP contribution >= 0.6 is 0 Å². The number of morpholine rings is 1. The van der Waals surface area contributed by atoms with Crippen LogP contribution in [0.15, 0.2) is 78.9 Å². The van der Waals surface area contributed by atoms with E-state index in [0.29, 0.717) is 11.1 Å². The molecule has 0 saturated carbocycles. The van der Waals surface area contributed by atoms with Gasteiger partial charge < -0.3 is 14.4 Å². The lowest BCUT2D eigenvalue weighted by molar-refractivity contribution is -0.133. The molecule has 0 unspecified atom stereocenters. The molecule has 3 aromatic rings. The average Bonchev–Trinajstić information content (AvgIpc) is 2.92. The topological polar surface area (TPSA) is 62.6 Å². The number of carbonyl (C=O) groups is 1. The Morgan fingerprint density at radius 3 is 2.26 bits per heavy atom. The monoisotopic (exact) mass is 504 g/mol. The van der Waals surface area contributed by atoms with Gasteiger partial charge in [0.25, 0.3) is 0 Å². The molecule has 5 rings (SSSR count). The zero-order chi connectivity index (χ0) is 26.6. The molecule has 1 aliphatic heterocycles. The van der Waals surface area contributed by atoms with E-state index in [2.05, 4.69) is 67.3 Å². The zero-order valence-corrected chi connectivity index (χ0v) is 22.1. The van der Waals surface area contributed by atoms with Crippen molar-refractivity contribution in [3.8, 4) is 17.2 Å². The first kappa shape index (κ1) is 25.5. The van der Waals surface area contributed by atoms with E-state index in [1.54, 1.807) is 0 Å². The fourth-order valence-electron chi connectivity index (χ4n) is 5.55. The lowest BCUT2D eigenvalue weighted by atomic mass is 9.84. The SMILES string of the molecule is COC(=O)/C1=C(c2ccc(N3C[C@@H](C)O[C@@H](C)C3)cc2)/C=C\CCc2c1cccc2-c1ccc(C#N)cc1. The maximum Gasteiger partial charge on any atom is 0.339 e. The highest BCUT2D eigenvalue weighted by atomic mass is 16.5. The van der Waals surface area contributed by atoms with Gasteiger partial charge in [-0.3, -0.25) is 0 Å². The molecule has 5 nitrogen and oxygen atoms in total. The van der Waals surface area contributed by atoms with E-state index < -0.39 is 0 Å². The molecule has 0 N–H and O–H groups in total. The van der Waals surface area contributed by atoms with Crippen LogP contribution < -0.4 is 4.90 Å². The van der Waals surface area contributed by atoms with Crippen molar-refractivity contribution in [1.29, 1.82) is 5.26 Å². The largest absolute Gasteiger partial charge is 0.465 e. The van der Waals surface area contributed by atoms with Crippen LogP contribution in [-0.4, -0.2) is 38.4 Å². The molecule has 1 saturated heterocycles. The van der Waals surface area contributed by atoms with Gasteiger partial charge in [0.15, 0.2) is 0 Å². The summed E-state index contributed by atoms with van der Waals surface area (Å²) < 4.78 is 11.2. The van der Waals surface area contributed by atoms with Gasteiger partial charge in [-0.1, -0.05) is 54.6 Å². The second-order valence-electron chi connectivity index (χ2n) is 9.95. The number of rotatable bonds is 4. The van der Waals surface area contributed by atoms with Crippen LogP contribution in [0.1, 0.15) is 42.5 Å². The molecule has 2 atom stereocenters. The Kier molecular flexibility index (Phi) is 7.44. The van der Waals surface area contributed by atoms with E-state index in [4.69, 9.17) is 9.47 Å². The number of ether oxygens (including phenoxy) is 2. The molecule has 192 valence electrons. The molecule has 5 heteroatoms. The fraction of sp³-hybridized carbons (Fsp3) is 0.273.